The first-order valence-corrected chi connectivity index (χ1v) is 7.00. The van der Waals surface area contributed by atoms with Crippen LogP contribution in [0.25, 0.3) is 0 Å². The molecule has 1 N–H and O–H groups in total. The maximum Gasteiger partial charge on any atom is 0.345 e. The van der Waals surface area contributed by atoms with Crippen molar-refractivity contribution in [2.75, 3.05) is 6.61 Å². The number of rotatable bonds is 6. The van der Waals surface area contributed by atoms with Gasteiger partial charge in [0, 0.05) is 17.1 Å². The van der Waals surface area contributed by atoms with Crippen LogP contribution in [0.5, 0.6) is 0 Å². The van der Waals surface area contributed by atoms with Crippen LogP contribution in [-0.4, -0.2) is 29.4 Å². The van der Waals surface area contributed by atoms with E-state index in [9.17, 15) is 19.7 Å². The summed E-state index contributed by atoms with van der Waals surface area (Å²) in [5, 5.41) is 13.7. The molecule has 0 fully saturated rings. The number of esters is 1. The fourth-order valence-electron chi connectivity index (χ4n) is 1.50. The van der Waals surface area contributed by atoms with E-state index < -0.39 is 29.1 Å². The van der Waals surface area contributed by atoms with Gasteiger partial charge in [0.1, 0.15) is 5.56 Å². The Bertz CT molecular complexity index is 589. The van der Waals surface area contributed by atoms with Gasteiger partial charge in [-0.05, 0) is 25.0 Å². The molecule has 1 aromatic carbocycles. The van der Waals surface area contributed by atoms with E-state index in [1.54, 1.807) is 0 Å². The lowest BCUT2D eigenvalue weighted by molar-refractivity contribution is -0.385. The van der Waals surface area contributed by atoms with Crippen molar-refractivity contribution in [1.29, 1.82) is 0 Å². The smallest absolute Gasteiger partial charge is 0.345 e. The first-order chi connectivity index (χ1) is 10.2. The maximum atomic E-state index is 11.9. The Morgan fingerprint density at radius 2 is 2.00 bits per heavy atom. The molecule has 120 valence electrons. The van der Waals surface area contributed by atoms with Gasteiger partial charge in [-0.3, -0.25) is 14.9 Å². The molecule has 8 heteroatoms. The van der Waals surface area contributed by atoms with Gasteiger partial charge in [0.05, 0.1) is 4.92 Å². The molecule has 1 atom stereocenters. The summed E-state index contributed by atoms with van der Waals surface area (Å²) < 4.78 is 4.80. The third kappa shape index (κ3) is 5.00. The molecule has 0 aromatic heterocycles. The zero-order valence-electron chi connectivity index (χ0n) is 12.5. The van der Waals surface area contributed by atoms with Crippen LogP contribution in [-0.2, 0) is 9.53 Å². The summed E-state index contributed by atoms with van der Waals surface area (Å²) in [7, 11) is 0. The molecule has 1 aromatic rings. The first kappa shape index (κ1) is 17.9. The third-order valence-electron chi connectivity index (χ3n) is 3.10. The number of carbonyl (C=O) groups excluding carboxylic acids is 2. The minimum Gasteiger partial charge on any atom is -0.452 e. The number of nitro benzene ring substituents is 1. The zero-order valence-corrected chi connectivity index (χ0v) is 13.2. The molecule has 7 nitrogen and oxygen atoms in total. The van der Waals surface area contributed by atoms with Crippen LogP contribution in [0.3, 0.4) is 0 Å². The van der Waals surface area contributed by atoms with Crippen LogP contribution in [0.15, 0.2) is 18.2 Å². The van der Waals surface area contributed by atoms with Crippen molar-refractivity contribution in [2.24, 2.45) is 5.92 Å². The lowest BCUT2D eigenvalue weighted by Crippen LogP contribution is -2.38. The summed E-state index contributed by atoms with van der Waals surface area (Å²) in [6, 6.07) is 3.47. The molecule has 22 heavy (non-hydrogen) atoms. The largest absolute Gasteiger partial charge is 0.452 e. The average Bonchev–Trinajstić information content (AvgIpc) is 2.44. The Morgan fingerprint density at radius 1 is 1.36 bits per heavy atom. The molecule has 0 aliphatic carbocycles. The van der Waals surface area contributed by atoms with Crippen LogP contribution in [0.4, 0.5) is 5.69 Å². The predicted molar refractivity (Wildman–Crippen MR) is 80.8 cm³/mol. The van der Waals surface area contributed by atoms with Gasteiger partial charge in [0.15, 0.2) is 6.61 Å². The summed E-state index contributed by atoms with van der Waals surface area (Å²) >= 11 is 5.72. The zero-order chi connectivity index (χ0) is 16.9. The molecule has 1 rings (SSSR count). The fraction of sp³-hybridized carbons (Fsp3) is 0.429. The van der Waals surface area contributed by atoms with Crippen molar-refractivity contribution in [3.05, 3.63) is 38.9 Å². The second-order valence-corrected chi connectivity index (χ2v) is 5.53. The standard InChI is InChI=1S/C14H17ClN2O5/c1-8(2)9(3)16-13(18)7-22-14(19)11-6-10(15)4-5-12(11)17(20)21/h4-6,8-9H,7H2,1-3H3,(H,16,18)/t9-/m1/s1. The normalized spacial score (nSPS) is 11.9. The predicted octanol–water partition coefficient (Wildman–Crippen LogP) is 2.57. The van der Waals surface area contributed by atoms with Crippen LogP contribution in [0, 0.1) is 16.0 Å². The number of hydrogen-bond donors (Lipinski definition) is 1. The molecule has 1 amide bonds. The van der Waals surface area contributed by atoms with Gasteiger partial charge in [-0.1, -0.05) is 25.4 Å². The molecule has 0 heterocycles. The quantitative estimate of drug-likeness (QED) is 0.491. The van der Waals surface area contributed by atoms with Gasteiger partial charge >= 0.3 is 5.97 Å². The van der Waals surface area contributed by atoms with E-state index in [0.717, 1.165) is 12.1 Å². The second kappa shape index (κ2) is 7.74. The van der Waals surface area contributed by atoms with Crippen molar-refractivity contribution in [1.82, 2.24) is 5.32 Å². The Balaban J connectivity index is 2.72. The van der Waals surface area contributed by atoms with Gasteiger partial charge in [-0.2, -0.15) is 0 Å². The van der Waals surface area contributed by atoms with Crippen molar-refractivity contribution < 1.29 is 19.2 Å². The molecule has 0 bridgehead atoms. The third-order valence-corrected chi connectivity index (χ3v) is 3.33. The highest BCUT2D eigenvalue weighted by molar-refractivity contribution is 6.31. The van der Waals surface area contributed by atoms with E-state index in [1.165, 1.54) is 6.07 Å². The number of ether oxygens (including phenoxy) is 1. The van der Waals surface area contributed by atoms with Crippen molar-refractivity contribution >= 4 is 29.2 Å². The van der Waals surface area contributed by atoms with Gasteiger partial charge < -0.3 is 10.1 Å². The molecule has 0 aliphatic rings. The van der Waals surface area contributed by atoms with Crippen molar-refractivity contribution in [3.63, 3.8) is 0 Å². The van der Waals surface area contributed by atoms with Gasteiger partial charge in [-0.25, -0.2) is 4.79 Å². The molecular formula is C14H17ClN2O5. The molecule has 0 aliphatic heterocycles. The van der Waals surface area contributed by atoms with Gasteiger partial charge in [0.2, 0.25) is 0 Å². The molecular weight excluding hydrogens is 312 g/mol. The SMILES string of the molecule is CC(C)[C@@H](C)NC(=O)COC(=O)c1cc(Cl)ccc1[N+](=O)[O-]. The Labute approximate surface area is 132 Å². The van der Waals surface area contributed by atoms with E-state index in [-0.39, 0.29) is 22.5 Å². The highest BCUT2D eigenvalue weighted by Crippen LogP contribution is 2.23. The van der Waals surface area contributed by atoms with E-state index >= 15 is 0 Å². The molecule has 0 unspecified atom stereocenters. The molecule has 0 spiro atoms. The first-order valence-electron chi connectivity index (χ1n) is 6.62. The number of nitro groups is 1. The lowest BCUT2D eigenvalue weighted by atomic mass is 10.1. The Morgan fingerprint density at radius 3 is 2.55 bits per heavy atom. The summed E-state index contributed by atoms with van der Waals surface area (Å²) in [4.78, 5) is 33.7. The second-order valence-electron chi connectivity index (χ2n) is 5.09. The topological polar surface area (TPSA) is 98.5 Å². The number of benzene rings is 1. The summed E-state index contributed by atoms with van der Waals surface area (Å²) in [6.07, 6.45) is 0. The minimum atomic E-state index is -0.971. The molecule has 0 radical (unpaired) electrons. The Hall–Kier alpha value is -2.15. The number of hydrogen-bond acceptors (Lipinski definition) is 5. The summed E-state index contributed by atoms with van der Waals surface area (Å²) in [6.45, 7) is 5.18. The van der Waals surface area contributed by atoms with Crippen LogP contribution >= 0.6 is 11.6 Å². The number of nitrogens with zero attached hydrogens (tertiary/aromatic N) is 1. The number of nitrogens with one attached hydrogen (secondary N) is 1. The number of carbonyl (C=O) groups is 2. The summed E-state index contributed by atoms with van der Waals surface area (Å²) in [5.74, 6) is -1.21. The Kier molecular flexibility index (Phi) is 6.30. The maximum absolute atomic E-state index is 11.9. The van der Waals surface area contributed by atoms with E-state index in [4.69, 9.17) is 16.3 Å². The molecule has 0 saturated carbocycles. The highest BCUT2D eigenvalue weighted by atomic mass is 35.5. The van der Waals surface area contributed by atoms with E-state index in [1.807, 2.05) is 20.8 Å². The van der Waals surface area contributed by atoms with Crippen molar-refractivity contribution in [3.8, 4) is 0 Å². The monoisotopic (exact) mass is 328 g/mol. The lowest BCUT2D eigenvalue weighted by Gasteiger charge is -2.17. The average molecular weight is 329 g/mol. The number of amides is 1. The van der Waals surface area contributed by atoms with Crippen molar-refractivity contribution in [2.45, 2.75) is 26.8 Å². The van der Waals surface area contributed by atoms with E-state index in [2.05, 4.69) is 5.32 Å². The summed E-state index contributed by atoms with van der Waals surface area (Å²) in [5.41, 5.74) is -0.715. The van der Waals surface area contributed by atoms with Crippen LogP contribution < -0.4 is 5.32 Å². The van der Waals surface area contributed by atoms with Gasteiger partial charge in [-0.15, -0.1) is 0 Å². The fourth-order valence-corrected chi connectivity index (χ4v) is 1.67. The van der Waals surface area contributed by atoms with Crippen LogP contribution in [0.1, 0.15) is 31.1 Å². The van der Waals surface area contributed by atoms with E-state index in [0.29, 0.717) is 0 Å². The van der Waals surface area contributed by atoms with Crippen LogP contribution in [0.2, 0.25) is 5.02 Å². The highest BCUT2D eigenvalue weighted by Gasteiger charge is 2.22. The molecule has 0 saturated heterocycles. The van der Waals surface area contributed by atoms with Gasteiger partial charge in [0.25, 0.3) is 11.6 Å². The minimum absolute atomic E-state index is 0.0771. The number of halogens is 1.